The van der Waals surface area contributed by atoms with E-state index in [-0.39, 0.29) is 5.56 Å². The Balaban J connectivity index is 0.000000706. The lowest BCUT2D eigenvalue weighted by Gasteiger charge is -2.20. The van der Waals surface area contributed by atoms with Crippen LogP contribution in [0.1, 0.15) is 32.3 Å². The molecule has 0 saturated carbocycles. The van der Waals surface area contributed by atoms with Crippen LogP contribution >= 0.6 is 35.1 Å². The Morgan fingerprint density at radius 2 is 2.07 bits per heavy atom. The molecule has 6 heteroatoms. The number of anilines is 1. The first-order valence-corrected chi connectivity index (χ1v) is 10.8. The fraction of sp³-hybridized carbons (Fsp3) is 0.273. The lowest BCUT2D eigenvalue weighted by molar-refractivity contribution is 1.06. The second kappa shape index (κ2) is 9.58. The van der Waals surface area contributed by atoms with Crippen molar-refractivity contribution >= 4 is 51.5 Å². The van der Waals surface area contributed by atoms with Crippen molar-refractivity contribution in [3.63, 3.8) is 0 Å². The van der Waals surface area contributed by atoms with E-state index in [4.69, 9.17) is 23.2 Å². The van der Waals surface area contributed by atoms with E-state index in [2.05, 4.69) is 34.9 Å². The molecule has 0 unspecified atom stereocenters. The maximum absolute atomic E-state index is 12.2. The number of nitrogens with zero attached hydrogens (tertiary/aromatic N) is 1. The maximum atomic E-state index is 12.2. The van der Waals surface area contributed by atoms with Gasteiger partial charge in [0.15, 0.2) is 0 Å². The summed E-state index contributed by atoms with van der Waals surface area (Å²) in [5.74, 6) is 0. The number of pyridine rings is 1. The van der Waals surface area contributed by atoms with Crippen LogP contribution < -0.4 is 20.3 Å². The average Bonchev–Trinajstić information content (AvgIpc) is 3.03. The molecule has 0 spiro atoms. The standard InChI is InChI=1S/C19H14Cl2N2OS.C3H8/c20-12-10-16(21)15-7-9-23(17(15)11-12)25-18-5-3-1-2-4-14-13(18)6-8-22-19(14)24;1-3-2/h1-3,6,8,10-11H,5,7,9H2,(H,22,24);3H2,1-2H3/b3-1-,18-13+;. The second-order valence-corrected chi connectivity index (χ2v) is 8.46. The molecule has 0 amide bonds. The van der Waals surface area contributed by atoms with Gasteiger partial charge in [0.25, 0.3) is 5.56 Å². The summed E-state index contributed by atoms with van der Waals surface area (Å²) in [4.78, 5) is 16.0. The summed E-state index contributed by atoms with van der Waals surface area (Å²) >= 11 is 14.2. The Hall–Kier alpha value is -1.84. The van der Waals surface area contributed by atoms with Gasteiger partial charge in [-0.15, -0.1) is 5.73 Å². The quantitative estimate of drug-likeness (QED) is 0.691. The predicted molar refractivity (Wildman–Crippen MR) is 123 cm³/mol. The highest BCUT2D eigenvalue weighted by molar-refractivity contribution is 8.09. The largest absolute Gasteiger partial charge is 0.328 e. The van der Waals surface area contributed by atoms with Crippen LogP contribution in [-0.2, 0) is 6.42 Å². The molecule has 1 aromatic heterocycles. The van der Waals surface area contributed by atoms with Gasteiger partial charge in [0.05, 0.1) is 10.9 Å². The molecule has 2 aromatic rings. The first-order chi connectivity index (χ1) is 13.5. The Morgan fingerprint density at radius 1 is 1.29 bits per heavy atom. The molecule has 0 saturated heterocycles. The third-order valence-corrected chi connectivity index (χ3v) is 5.98. The Labute approximate surface area is 179 Å². The molecule has 2 aliphatic rings. The van der Waals surface area contributed by atoms with Gasteiger partial charge >= 0.3 is 0 Å². The third kappa shape index (κ3) is 4.59. The van der Waals surface area contributed by atoms with Crippen LogP contribution in [0.5, 0.6) is 0 Å². The van der Waals surface area contributed by atoms with E-state index in [1.54, 1.807) is 30.3 Å². The van der Waals surface area contributed by atoms with Gasteiger partial charge in [-0.05, 0) is 54.6 Å². The number of aromatic amines is 1. The normalized spacial score (nSPS) is 17.5. The first-order valence-electron chi connectivity index (χ1n) is 9.31. The minimum absolute atomic E-state index is 0.130. The molecule has 0 radical (unpaired) electrons. The number of benzene rings is 1. The van der Waals surface area contributed by atoms with Gasteiger partial charge in [0, 0.05) is 32.9 Å². The molecule has 0 bridgehead atoms. The van der Waals surface area contributed by atoms with E-state index >= 15 is 0 Å². The number of rotatable bonds is 2. The van der Waals surface area contributed by atoms with Crippen LogP contribution in [-0.4, -0.2) is 11.5 Å². The number of aromatic nitrogens is 1. The van der Waals surface area contributed by atoms with Gasteiger partial charge in [-0.3, -0.25) is 4.79 Å². The van der Waals surface area contributed by atoms with Crippen molar-refractivity contribution in [2.24, 2.45) is 0 Å². The zero-order chi connectivity index (χ0) is 20.1. The summed E-state index contributed by atoms with van der Waals surface area (Å²) in [7, 11) is 0. The lowest BCUT2D eigenvalue weighted by Crippen LogP contribution is -2.40. The first kappa shape index (κ1) is 20.9. The maximum Gasteiger partial charge on any atom is 0.263 e. The van der Waals surface area contributed by atoms with E-state index in [0.717, 1.165) is 40.8 Å². The van der Waals surface area contributed by atoms with E-state index in [0.29, 0.717) is 15.3 Å². The number of allylic oxidation sites excluding steroid dienone is 3. The average molecular weight is 433 g/mol. The topological polar surface area (TPSA) is 36.1 Å². The van der Waals surface area contributed by atoms with Crippen molar-refractivity contribution in [3.05, 3.63) is 79.0 Å². The molecule has 2 heterocycles. The van der Waals surface area contributed by atoms with Crippen LogP contribution in [0.4, 0.5) is 5.69 Å². The van der Waals surface area contributed by atoms with E-state index < -0.39 is 0 Å². The SMILES string of the molecule is CCC.O=c1[nH]cc/c2c1=C=C/C=C\C\C=2SN1CCc2c(Cl)cc(Cl)cc21. The number of hydrogen-bond donors (Lipinski definition) is 1. The van der Waals surface area contributed by atoms with Crippen molar-refractivity contribution in [2.75, 3.05) is 10.8 Å². The molecule has 0 atom stereocenters. The monoisotopic (exact) mass is 432 g/mol. The Kier molecular flexibility index (Phi) is 7.14. The summed E-state index contributed by atoms with van der Waals surface area (Å²) in [6, 6.07) is 5.67. The molecule has 1 aromatic carbocycles. The highest BCUT2D eigenvalue weighted by Gasteiger charge is 2.24. The summed E-state index contributed by atoms with van der Waals surface area (Å²) < 4.78 is 2.20. The second-order valence-electron chi connectivity index (χ2n) is 6.50. The van der Waals surface area contributed by atoms with Crippen molar-refractivity contribution in [2.45, 2.75) is 33.1 Å². The number of nitrogens with one attached hydrogen (secondary N) is 1. The minimum atomic E-state index is -0.130. The molecule has 3 nitrogen and oxygen atoms in total. The molecule has 28 heavy (non-hydrogen) atoms. The zero-order valence-corrected chi connectivity index (χ0v) is 18.2. The number of halogens is 2. The van der Waals surface area contributed by atoms with Crippen molar-refractivity contribution in [1.82, 2.24) is 4.98 Å². The molecule has 1 aliphatic carbocycles. The fourth-order valence-corrected chi connectivity index (χ4v) is 4.77. The Bertz CT molecular complexity index is 1110. The van der Waals surface area contributed by atoms with Crippen LogP contribution in [0.15, 0.2) is 47.4 Å². The van der Waals surface area contributed by atoms with Crippen LogP contribution in [0.25, 0.3) is 10.6 Å². The van der Waals surface area contributed by atoms with Crippen molar-refractivity contribution in [1.29, 1.82) is 0 Å². The molecule has 1 N–H and O–H groups in total. The minimum Gasteiger partial charge on any atom is -0.328 e. The zero-order valence-electron chi connectivity index (χ0n) is 15.9. The summed E-state index contributed by atoms with van der Waals surface area (Å²) in [5, 5.41) is 2.82. The van der Waals surface area contributed by atoms with Crippen molar-refractivity contribution in [3.8, 4) is 0 Å². The molecule has 0 fully saturated rings. The predicted octanol–water partition coefficient (Wildman–Crippen LogP) is 4.81. The molecular weight excluding hydrogens is 411 g/mol. The third-order valence-electron chi connectivity index (χ3n) is 4.22. The number of fused-ring (bicyclic) bond motifs is 2. The molecule has 4 rings (SSSR count). The molecule has 1 aliphatic heterocycles. The Morgan fingerprint density at radius 3 is 2.86 bits per heavy atom. The van der Waals surface area contributed by atoms with Gasteiger partial charge in [0.1, 0.15) is 0 Å². The highest BCUT2D eigenvalue weighted by Crippen LogP contribution is 2.42. The summed E-state index contributed by atoms with van der Waals surface area (Å²) in [6.07, 6.45) is 10.3. The van der Waals surface area contributed by atoms with Crippen LogP contribution in [0, 0.1) is 0 Å². The van der Waals surface area contributed by atoms with Crippen LogP contribution in [0.2, 0.25) is 10.0 Å². The lowest BCUT2D eigenvalue weighted by atomic mass is 10.2. The van der Waals surface area contributed by atoms with Gasteiger partial charge in [-0.2, -0.15) is 0 Å². The van der Waals surface area contributed by atoms with Gasteiger partial charge < -0.3 is 9.29 Å². The van der Waals surface area contributed by atoms with Crippen molar-refractivity contribution < 1.29 is 0 Å². The van der Waals surface area contributed by atoms with Gasteiger partial charge in [-0.25, -0.2) is 0 Å². The summed E-state index contributed by atoms with van der Waals surface area (Å²) in [6.45, 7) is 5.10. The smallest absolute Gasteiger partial charge is 0.263 e. The van der Waals surface area contributed by atoms with E-state index in [1.807, 2.05) is 18.2 Å². The van der Waals surface area contributed by atoms with E-state index in [9.17, 15) is 4.79 Å². The van der Waals surface area contributed by atoms with E-state index in [1.165, 1.54) is 6.42 Å². The number of H-pyrrole nitrogens is 1. The summed E-state index contributed by atoms with van der Waals surface area (Å²) in [5.41, 5.74) is 5.12. The highest BCUT2D eigenvalue weighted by atomic mass is 35.5. The van der Waals surface area contributed by atoms with Crippen LogP contribution in [0.3, 0.4) is 0 Å². The fourth-order valence-electron chi connectivity index (χ4n) is 3.05. The van der Waals surface area contributed by atoms with Gasteiger partial charge in [0.2, 0.25) is 0 Å². The molecule has 146 valence electrons. The molecular formula is C22H22Cl2N2OS. The van der Waals surface area contributed by atoms with Gasteiger partial charge in [-0.1, -0.05) is 55.6 Å². The number of hydrogen-bond acceptors (Lipinski definition) is 3.